The van der Waals surface area contributed by atoms with Crippen LogP contribution in [0, 0.1) is 0 Å². The molecule has 1 fully saturated rings. The Labute approximate surface area is 205 Å². The highest BCUT2D eigenvalue weighted by Crippen LogP contribution is 2.29. The summed E-state index contributed by atoms with van der Waals surface area (Å²) in [6, 6.07) is 13.2. The maximum atomic E-state index is 11.1. The number of carbonyl (C=O) groups is 1. The highest BCUT2D eigenvalue weighted by atomic mass is 35.5. The number of carbonyl (C=O) groups excluding carboxylic acids is 1. The summed E-state index contributed by atoms with van der Waals surface area (Å²) in [6.07, 6.45) is 3.00. The SMILES string of the molecule is CC(=O)NCCCOc1ccc(CN2CCC[C@](O)(COc3ccc(Cl)c(Cl)c3)CC2)cc1. The normalized spacial score (nSPS) is 19.0. The molecule has 0 bridgehead atoms. The minimum absolute atomic E-state index is 0.0229. The van der Waals surface area contributed by atoms with Crippen LogP contribution < -0.4 is 14.8 Å². The van der Waals surface area contributed by atoms with E-state index < -0.39 is 5.60 Å². The number of ether oxygens (including phenoxy) is 2. The van der Waals surface area contributed by atoms with E-state index in [4.69, 9.17) is 32.7 Å². The van der Waals surface area contributed by atoms with E-state index in [1.165, 1.54) is 12.5 Å². The first kappa shape index (κ1) is 25.6. The lowest BCUT2D eigenvalue weighted by molar-refractivity contribution is -0.118. The third-order valence-corrected chi connectivity index (χ3v) is 6.44. The number of nitrogens with zero attached hydrogens (tertiary/aromatic N) is 1. The first-order chi connectivity index (χ1) is 15.8. The zero-order valence-electron chi connectivity index (χ0n) is 19.0. The molecule has 2 aromatic rings. The summed E-state index contributed by atoms with van der Waals surface area (Å²) in [5, 5.41) is 14.7. The second-order valence-electron chi connectivity index (χ2n) is 8.55. The Balaban J connectivity index is 1.42. The van der Waals surface area contributed by atoms with E-state index in [0.717, 1.165) is 38.2 Å². The molecule has 0 aliphatic carbocycles. The standard InChI is InChI=1S/C25H32Cl2N2O4/c1-19(30)28-12-3-15-32-21-6-4-20(5-7-21)17-29-13-2-10-25(31,11-14-29)18-33-22-8-9-23(26)24(27)16-22/h4-9,16,31H,2-3,10-15,17-18H2,1H3,(H,28,30)/t25-/m1/s1. The van der Waals surface area contributed by atoms with Gasteiger partial charge in [0.2, 0.25) is 5.91 Å². The second-order valence-corrected chi connectivity index (χ2v) is 9.36. The molecule has 180 valence electrons. The van der Waals surface area contributed by atoms with Gasteiger partial charge in [-0.1, -0.05) is 35.3 Å². The van der Waals surface area contributed by atoms with Crippen molar-refractivity contribution >= 4 is 29.1 Å². The molecule has 6 nitrogen and oxygen atoms in total. The first-order valence-electron chi connectivity index (χ1n) is 11.3. The topological polar surface area (TPSA) is 71.0 Å². The summed E-state index contributed by atoms with van der Waals surface area (Å²) < 4.78 is 11.5. The smallest absolute Gasteiger partial charge is 0.216 e. The molecule has 1 aliphatic heterocycles. The zero-order chi connectivity index (χ0) is 23.7. The van der Waals surface area contributed by atoms with Crippen molar-refractivity contribution in [3.63, 3.8) is 0 Å². The molecule has 0 unspecified atom stereocenters. The highest BCUT2D eigenvalue weighted by molar-refractivity contribution is 6.42. The minimum Gasteiger partial charge on any atom is -0.494 e. The molecule has 1 saturated heterocycles. The maximum Gasteiger partial charge on any atom is 0.216 e. The van der Waals surface area contributed by atoms with E-state index in [-0.39, 0.29) is 12.5 Å². The number of likely N-dealkylation sites (tertiary alicyclic amines) is 1. The van der Waals surface area contributed by atoms with Crippen LogP contribution in [0.3, 0.4) is 0 Å². The summed E-state index contributed by atoms with van der Waals surface area (Å²) in [5.41, 5.74) is 0.341. The molecule has 1 atom stereocenters. The Hall–Kier alpha value is -1.99. The van der Waals surface area contributed by atoms with Gasteiger partial charge in [0.15, 0.2) is 0 Å². The van der Waals surface area contributed by atoms with Crippen LogP contribution in [0.25, 0.3) is 0 Å². The molecule has 1 heterocycles. The quantitative estimate of drug-likeness (QED) is 0.468. The first-order valence-corrected chi connectivity index (χ1v) is 12.1. The molecule has 0 spiro atoms. The zero-order valence-corrected chi connectivity index (χ0v) is 20.5. The fourth-order valence-corrected chi connectivity index (χ4v) is 4.09. The van der Waals surface area contributed by atoms with Crippen LogP contribution >= 0.6 is 23.2 Å². The predicted molar refractivity (Wildman–Crippen MR) is 131 cm³/mol. The molecule has 0 radical (unpaired) electrons. The predicted octanol–water partition coefficient (Wildman–Crippen LogP) is 4.69. The number of hydrogen-bond acceptors (Lipinski definition) is 5. The molecule has 1 amide bonds. The lowest BCUT2D eigenvalue weighted by Gasteiger charge is -2.27. The fraction of sp³-hybridized carbons (Fsp3) is 0.480. The van der Waals surface area contributed by atoms with Crippen LogP contribution in [0.1, 0.15) is 38.2 Å². The third kappa shape index (κ3) is 8.70. The number of nitrogens with one attached hydrogen (secondary N) is 1. The van der Waals surface area contributed by atoms with E-state index in [0.29, 0.717) is 41.8 Å². The Morgan fingerprint density at radius 3 is 2.55 bits per heavy atom. The van der Waals surface area contributed by atoms with Crippen LogP contribution in [-0.4, -0.2) is 54.4 Å². The van der Waals surface area contributed by atoms with Crippen LogP contribution in [-0.2, 0) is 11.3 Å². The van der Waals surface area contributed by atoms with Gasteiger partial charge in [-0.05, 0) is 62.1 Å². The number of hydrogen-bond donors (Lipinski definition) is 2. The minimum atomic E-state index is -0.865. The molecule has 8 heteroatoms. The molecule has 1 aliphatic rings. The van der Waals surface area contributed by atoms with Crippen molar-refractivity contribution in [1.82, 2.24) is 10.2 Å². The monoisotopic (exact) mass is 494 g/mol. The van der Waals surface area contributed by atoms with Gasteiger partial charge in [0, 0.05) is 32.6 Å². The Kier molecular flexibility index (Phi) is 9.68. The lowest BCUT2D eigenvalue weighted by atomic mass is 9.96. The van der Waals surface area contributed by atoms with Crippen LogP contribution in [0.5, 0.6) is 11.5 Å². The van der Waals surface area contributed by atoms with Crippen molar-refractivity contribution in [2.24, 2.45) is 0 Å². The van der Waals surface area contributed by atoms with Gasteiger partial charge in [-0.15, -0.1) is 0 Å². The third-order valence-electron chi connectivity index (χ3n) is 5.70. The van der Waals surface area contributed by atoms with Crippen molar-refractivity contribution in [2.75, 3.05) is 32.8 Å². The van der Waals surface area contributed by atoms with Crippen LogP contribution in [0.15, 0.2) is 42.5 Å². The number of amides is 1. The lowest BCUT2D eigenvalue weighted by Crippen LogP contribution is -2.37. The number of aliphatic hydroxyl groups is 1. The van der Waals surface area contributed by atoms with E-state index in [9.17, 15) is 9.90 Å². The Morgan fingerprint density at radius 2 is 1.82 bits per heavy atom. The number of halogens is 2. The van der Waals surface area contributed by atoms with Crippen LogP contribution in [0.2, 0.25) is 10.0 Å². The van der Waals surface area contributed by atoms with Crippen molar-refractivity contribution in [2.45, 2.75) is 44.8 Å². The Bertz CT molecular complexity index is 910. The van der Waals surface area contributed by atoms with E-state index in [1.54, 1.807) is 18.2 Å². The van der Waals surface area contributed by atoms with Gasteiger partial charge in [-0.2, -0.15) is 0 Å². The number of rotatable bonds is 10. The average molecular weight is 495 g/mol. The fourth-order valence-electron chi connectivity index (χ4n) is 3.80. The van der Waals surface area contributed by atoms with Gasteiger partial charge < -0.3 is 19.9 Å². The number of benzene rings is 2. The summed E-state index contributed by atoms with van der Waals surface area (Å²) in [6.45, 7) is 5.47. The highest BCUT2D eigenvalue weighted by Gasteiger charge is 2.31. The van der Waals surface area contributed by atoms with Crippen molar-refractivity contribution in [3.8, 4) is 11.5 Å². The molecule has 2 aromatic carbocycles. The molecule has 0 aromatic heterocycles. The van der Waals surface area contributed by atoms with Gasteiger partial charge in [0.1, 0.15) is 18.1 Å². The van der Waals surface area contributed by atoms with Gasteiger partial charge in [0.05, 0.1) is 22.3 Å². The van der Waals surface area contributed by atoms with Gasteiger partial charge in [-0.25, -0.2) is 0 Å². The summed E-state index contributed by atoms with van der Waals surface area (Å²) in [4.78, 5) is 13.2. The summed E-state index contributed by atoms with van der Waals surface area (Å²) in [7, 11) is 0. The van der Waals surface area contributed by atoms with Crippen molar-refractivity contribution < 1.29 is 19.4 Å². The van der Waals surface area contributed by atoms with Gasteiger partial charge >= 0.3 is 0 Å². The largest absolute Gasteiger partial charge is 0.494 e. The molecule has 33 heavy (non-hydrogen) atoms. The van der Waals surface area contributed by atoms with Gasteiger partial charge in [-0.3, -0.25) is 9.69 Å². The van der Waals surface area contributed by atoms with Crippen molar-refractivity contribution in [1.29, 1.82) is 0 Å². The molecular weight excluding hydrogens is 463 g/mol. The molecular formula is C25H32Cl2N2O4. The van der Waals surface area contributed by atoms with E-state index in [2.05, 4.69) is 22.3 Å². The summed E-state index contributed by atoms with van der Waals surface area (Å²) in [5.74, 6) is 1.41. The van der Waals surface area contributed by atoms with Crippen LogP contribution in [0.4, 0.5) is 0 Å². The van der Waals surface area contributed by atoms with Gasteiger partial charge in [0.25, 0.3) is 0 Å². The van der Waals surface area contributed by atoms with E-state index in [1.807, 2.05) is 12.1 Å². The van der Waals surface area contributed by atoms with Crippen molar-refractivity contribution in [3.05, 3.63) is 58.1 Å². The second kappa shape index (κ2) is 12.5. The molecule has 3 rings (SSSR count). The average Bonchev–Trinajstić information content (AvgIpc) is 2.97. The molecule has 2 N–H and O–H groups in total. The summed E-state index contributed by atoms with van der Waals surface area (Å²) >= 11 is 12.0. The molecule has 0 saturated carbocycles. The Morgan fingerprint density at radius 1 is 1.06 bits per heavy atom. The van der Waals surface area contributed by atoms with E-state index >= 15 is 0 Å². The maximum absolute atomic E-state index is 11.1.